The van der Waals surface area contributed by atoms with Gasteiger partial charge < -0.3 is 14.8 Å². The van der Waals surface area contributed by atoms with E-state index in [9.17, 15) is 0 Å². The highest BCUT2D eigenvalue weighted by Gasteiger charge is 2.18. The van der Waals surface area contributed by atoms with Crippen LogP contribution in [-0.4, -0.2) is 26.8 Å². The lowest BCUT2D eigenvalue weighted by molar-refractivity contribution is 0.0276. The second-order valence-corrected chi connectivity index (χ2v) is 4.52. The molecule has 1 unspecified atom stereocenters. The van der Waals surface area contributed by atoms with Crippen LogP contribution in [0.3, 0.4) is 0 Å². The molecular weight excluding hydrogens is 238 g/mol. The molecule has 1 saturated heterocycles. The molecule has 17 heavy (non-hydrogen) atoms. The lowest BCUT2D eigenvalue weighted by Crippen LogP contribution is -2.33. The molecule has 1 N–H and O–H groups in total. The molecule has 0 saturated carbocycles. The van der Waals surface area contributed by atoms with Crippen molar-refractivity contribution >= 4 is 11.6 Å². The van der Waals surface area contributed by atoms with Gasteiger partial charge in [0, 0.05) is 13.1 Å². The fourth-order valence-electron chi connectivity index (χ4n) is 2.13. The number of ether oxygens (including phenoxy) is 2. The van der Waals surface area contributed by atoms with E-state index >= 15 is 0 Å². The number of morpholine rings is 1. The van der Waals surface area contributed by atoms with Gasteiger partial charge in [-0.25, -0.2) is 0 Å². The van der Waals surface area contributed by atoms with E-state index in [4.69, 9.17) is 21.1 Å². The van der Waals surface area contributed by atoms with Crippen LogP contribution < -0.4 is 10.1 Å². The highest BCUT2D eigenvalue weighted by Crippen LogP contribution is 2.33. The second-order valence-electron chi connectivity index (χ2n) is 4.11. The van der Waals surface area contributed by atoms with Crippen molar-refractivity contribution in [1.82, 2.24) is 5.32 Å². The summed E-state index contributed by atoms with van der Waals surface area (Å²) >= 11 is 6.23. The minimum absolute atomic E-state index is 0.0949. The first-order valence-electron chi connectivity index (χ1n) is 5.95. The number of nitrogens with one attached hydrogen (secondary N) is 1. The highest BCUT2D eigenvalue weighted by atomic mass is 35.5. The summed E-state index contributed by atoms with van der Waals surface area (Å²) < 4.78 is 11.1. The Bertz CT molecular complexity index is 389. The Labute approximate surface area is 107 Å². The van der Waals surface area contributed by atoms with E-state index in [1.807, 2.05) is 6.07 Å². The predicted molar refractivity (Wildman–Crippen MR) is 68.9 cm³/mol. The van der Waals surface area contributed by atoms with Crippen LogP contribution >= 0.6 is 11.6 Å². The van der Waals surface area contributed by atoms with Gasteiger partial charge in [0.2, 0.25) is 0 Å². The number of rotatable bonds is 3. The second kappa shape index (κ2) is 5.71. The van der Waals surface area contributed by atoms with Gasteiger partial charge in [0.05, 0.1) is 24.8 Å². The van der Waals surface area contributed by atoms with Crippen molar-refractivity contribution in [3.8, 4) is 5.75 Å². The molecule has 2 rings (SSSR count). The average molecular weight is 256 g/mol. The topological polar surface area (TPSA) is 30.5 Å². The summed E-state index contributed by atoms with van der Waals surface area (Å²) in [6.45, 7) is 4.60. The molecular formula is C13H18ClNO2. The Kier molecular flexibility index (Phi) is 4.26. The fourth-order valence-corrected chi connectivity index (χ4v) is 2.45. The van der Waals surface area contributed by atoms with Crippen molar-refractivity contribution in [3.63, 3.8) is 0 Å². The van der Waals surface area contributed by atoms with Crippen LogP contribution in [0.5, 0.6) is 5.75 Å². The average Bonchev–Trinajstić information content (AvgIpc) is 2.38. The van der Waals surface area contributed by atoms with Gasteiger partial charge in [-0.2, -0.15) is 0 Å². The maximum absolute atomic E-state index is 6.23. The smallest absolute Gasteiger partial charge is 0.140 e. The molecule has 0 amide bonds. The van der Waals surface area contributed by atoms with E-state index in [1.54, 1.807) is 7.11 Å². The van der Waals surface area contributed by atoms with Crippen LogP contribution in [0, 0.1) is 0 Å². The molecule has 1 heterocycles. The summed E-state index contributed by atoms with van der Waals surface area (Å²) in [7, 11) is 1.65. The van der Waals surface area contributed by atoms with Gasteiger partial charge >= 0.3 is 0 Å². The number of benzene rings is 1. The molecule has 1 atom stereocenters. The van der Waals surface area contributed by atoms with Gasteiger partial charge in [0.15, 0.2) is 0 Å². The summed E-state index contributed by atoms with van der Waals surface area (Å²) in [5.41, 5.74) is 2.25. The highest BCUT2D eigenvalue weighted by molar-refractivity contribution is 6.32. The standard InChI is InChI=1S/C13H18ClNO2/c1-3-9-6-10(7-11(14)13(9)16-2)12-8-15-4-5-17-12/h6-7,12,15H,3-5,8H2,1-2H3. The number of methoxy groups -OCH3 is 1. The van der Waals surface area contributed by atoms with Crippen LogP contribution in [0.1, 0.15) is 24.2 Å². The molecule has 0 aliphatic carbocycles. The van der Waals surface area contributed by atoms with Crippen molar-refractivity contribution in [2.24, 2.45) is 0 Å². The van der Waals surface area contributed by atoms with E-state index in [2.05, 4.69) is 18.3 Å². The number of hydrogen-bond donors (Lipinski definition) is 1. The molecule has 1 aromatic carbocycles. The fraction of sp³-hybridized carbons (Fsp3) is 0.538. The van der Waals surface area contributed by atoms with Gasteiger partial charge in [-0.1, -0.05) is 18.5 Å². The number of aryl methyl sites for hydroxylation is 1. The Morgan fingerprint density at radius 1 is 1.53 bits per heavy atom. The van der Waals surface area contributed by atoms with E-state index in [0.717, 1.165) is 43.0 Å². The van der Waals surface area contributed by atoms with Crippen LogP contribution in [-0.2, 0) is 11.2 Å². The lowest BCUT2D eigenvalue weighted by atomic mass is 10.0. The summed E-state index contributed by atoms with van der Waals surface area (Å²) in [6.07, 6.45) is 0.995. The molecule has 0 bridgehead atoms. The van der Waals surface area contributed by atoms with Crippen LogP contribution in [0.25, 0.3) is 0 Å². The molecule has 4 heteroatoms. The normalized spacial score (nSPS) is 20.3. The molecule has 94 valence electrons. The zero-order chi connectivity index (χ0) is 12.3. The Hall–Kier alpha value is -0.770. The quantitative estimate of drug-likeness (QED) is 0.901. The zero-order valence-corrected chi connectivity index (χ0v) is 11.0. The molecule has 1 fully saturated rings. The number of hydrogen-bond acceptors (Lipinski definition) is 3. The van der Waals surface area contributed by atoms with Crippen molar-refractivity contribution < 1.29 is 9.47 Å². The van der Waals surface area contributed by atoms with E-state index in [-0.39, 0.29) is 6.10 Å². The Balaban J connectivity index is 2.31. The summed E-state index contributed by atoms with van der Waals surface area (Å²) in [6, 6.07) is 4.07. The molecule has 0 aromatic heterocycles. The first kappa shape index (κ1) is 12.7. The molecule has 1 aliphatic heterocycles. The van der Waals surface area contributed by atoms with Crippen LogP contribution in [0.4, 0.5) is 0 Å². The van der Waals surface area contributed by atoms with Gasteiger partial charge in [-0.3, -0.25) is 0 Å². The minimum atomic E-state index is 0.0949. The summed E-state index contributed by atoms with van der Waals surface area (Å²) in [4.78, 5) is 0. The van der Waals surface area contributed by atoms with Gasteiger partial charge in [0.1, 0.15) is 5.75 Å². The van der Waals surface area contributed by atoms with Crippen molar-refractivity contribution in [2.75, 3.05) is 26.8 Å². The Morgan fingerprint density at radius 3 is 2.94 bits per heavy atom. The van der Waals surface area contributed by atoms with Gasteiger partial charge in [-0.05, 0) is 29.7 Å². The first-order valence-corrected chi connectivity index (χ1v) is 6.32. The van der Waals surface area contributed by atoms with E-state index < -0.39 is 0 Å². The van der Waals surface area contributed by atoms with Crippen molar-refractivity contribution in [3.05, 3.63) is 28.3 Å². The third kappa shape index (κ3) is 2.73. The molecule has 0 spiro atoms. The maximum Gasteiger partial charge on any atom is 0.140 e. The van der Waals surface area contributed by atoms with Crippen LogP contribution in [0.15, 0.2) is 12.1 Å². The molecule has 1 aliphatic rings. The molecule has 3 nitrogen and oxygen atoms in total. The third-order valence-corrected chi connectivity index (χ3v) is 3.31. The van der Waals surface area contributed by atoms with E-state index in [1.165, 1.54) is 0 Å². The third-order valence-electron chi connectivity index (χ3n) is 3.03. The Morgan fingerprint density at radius 2 is 2.35 bits per heavy atom. The van der Waals surface area contributed by atoms with Gasteiger partial charge in [0.25, 0.3) is 0 Å². The number of halogens is 1. The van der Waals surface area contributed by atoms with E-state index in [0.29, 0.717) is 5.02 Å². The monoisotopic (exact) mass is 255 g/mol. The van der Waals surface area contributed by atoms with Crippen molar-refractivity contribution in [1.29, 1.82) is 0 Å². The minimum Gasteiger partial charge on any atom is -0.495 e. The maximum atomic E-state index is 6.23. The summed E-state index contributed by atoms with van der Waals surface area (Å²) in [5, 5.41) is 3.98. The largest absolute Gasteiger partial charge is 0.495 e. The predicted octanol–water partition coefficient (Wildman–Crippen LogP) is 2.57. The summed E-state index contributed by atoms with van der Waals surface area (Å²) in [5.74, 6) is 0.779. The van der Waals surface area contributed by atoms with Gasteiger partial charge in [-0.15, -0.1) is 0 Å². The first-order chi connectivity index (χ1) is 8.26. The SMILES string of the molecule is CCc1cc(C2CNCCO2)cc(Cl)c1OC. The lowest BCUT2D eigenvalue weighted by Gasteiger charge is -2.25. The van der Waals surface area contributed by atoms with Crippen LogP contribution in [0.2, 0.25) is 5.02 Å². The molecule has 1 aromatic rings. The zero-order valence-electron chi connectivity index (χ0n) is 10.3. The van der Waals surface area contributed by atoms with Crippen molar-refractivity contribution in [2.45, 2.75) is 19.4 Å². The molecule has 0 radical (unpaired) electrons.